The van der Waals surface area contributed by atoms with Crippen LogP contribution in [-0.4, -0.2) is 48.2 Å². The summed E-state index contributed by atoms with van der Waals surface area (Å²) in [6.45, 7) is 3.69. The normalized spacial score (nSPS) is 15.2. The quantitative estimate of drug-likeness (QED) is 0.520. The molecule has 0 bridgehead atoms. The summed E-state index contributed by atoms with van der Waals surface area (Å²) in [6, 6.07) is 16.5. The molecule has 2 amide bonds. The van der Waals surface area contributed by atoms with Gasteiger partial charge < -0.3 is 24.2 Å². The van der Waals surface area contributed by atoms with Crippen molar-refractivity contribution in [3.05, 3.63) is 82.7 Å². The third-order valence-corrected chi connectivity index (χ3v) is 5.76. The summed E-state index contributed by atoms with van der Waals surface area (Å²) in [5.74, 6) is 0.529. The fourth-order valence-electron chi connectivity index (χ4n) is 3.85. The van der Waals surface area contributed by atoms with Crippen LogP contribution in [0.25, 0.3) is 0 Å². The van der Waals surface area contributed by atoms with Gasteiger partial charge in [-0.25, -0.2) is 0 Å². The largest absolute Gasteiger partial charge is 0.497 e. The van der Waals surface area contributed by atoms with Crippen LogP contribution >= 0.6 is 0 Å². The molecule has 1 fully saturated rings. The molecule has 1 atom stereocenters. The Morgan fingerprint density at radius 2 is 2.00 bits per heavy atom. The molecule has 0 radical (unpaired) electrons. The van der Waals surface area contributed by atoms with E-state index in [4.69, 9.17) is 14.0 Å². The highest BCUT2D eigenvalue weighted by Crippen LogP contribution is 2.20. The molecule has 0 saturated carbocycles. The zero-order valence-corrected chi connectivity index (χ0v) is 19.5. The Bertz CT molecular complexity index is 1120. The molecule has 1 saturated heterocycles. The number of aryl methyl sites for hydroxylation is 1. The van der Waals surface area contributed by atoms with Crippen LogP contribution in [0.2, 0.25) is 0 Å². The summed E-state index contributed by atoms with van der Waals surface area (Å²) >= 11 is 0. The summed E-state index contributed by atoms with van der Waals surface area (Å²) in [7, 11) is 1.56. The van der Waals surface area contributed by atoms with Gasteiger partial charge in [0.15, 0.2) is 11.5 Å². The number of rotatable bonds is 9. The van der Waals surface area contributed by atoms with Crippen LogP contribution in [0.15, 0.2) is 59.1 Å². The number of carbonyl (C=O) groups is 2. The van der Waals surface area contributed by atoms with Crippen molar-refractivity contribution in [3.63, 3.8) is 0 Å². The van der Waals surface area contributed by atoms with E-state index in [0.29, 0.717) is 36.8 Å². The average molecular weight is 464 g/mol. The molecule has 178 valence electrons. The maximum atomic E-state index is 13.3. The van der Waals surface area contributed by atoms with Crippen molar-refractivity contribution in [3.8, 4) is 5.75 Å². The lowest BCUT2D eigenvalue weighted by atomic mass is 10.1. The second-order valence-corrected chi connectivity index (χ2v) is 8.40. The number of hydrogen-bond donors (Lipinski definition) is 1. The first kappa shape index (κ1) is 23.5. The molecule has 8 nitrogen and oxygen atoms in total. The Labute approximate surface area is 198 Å². The monoisotopic (exact) mass is 463 g/mol. The van der Waals surface area contributed by atoms with Crippen molar-refractivity contribution >= 4 is 11.8 Å². The summed E-state index contributed by atoms with van der Waals surface area (Å²) in [6.07, 6.45) is 1.83. The van der Waals surface area contributed by atoms with Crippen LogP contribution in [0.1, 0.15) is 50.6 Å². The molecule has 1 unspecified atom stereocenters. The van der Waals surface area contributed by atoms with E-state index in [1.54, 1.807) is 42.3 Å². The van der Waals surface area contributed by atoms with E-state index in [2.05, 4.69) is 10.5 Å². The van der Waals surface area contributed by atoms with Gasteiger partial charge in [-0.15, -0.1) is 0 Å². The fourth-order valence-corrected chi connectivity index (χ4v) is 3.85. The van der Waals surface area contributed by atoms with Gasteiger partial charge in [-0.1, -0.05) is 41.1 Å². The van der Waals surface area contributed by atoms with Gasteiger partial charge in [0.25, 0.3) is 11.8 Å². The SMILES string of the molecule is COc1cccc(C(=O)N(Cc2cc(C(=O)NCc3ccc(C)cc3)no2)CC2CCCO2)c1. The molecule has 1 aromatic heterocycles. The number of hydrogen-bond acceptors (Lipinski definition) is 6. The van der Waals surface area contributed by atoms with E-state index in [0.717, 1.165) is 24.0 Å². The molecule has 4 rings (SSSR count). The Hall–Kier alpha value is -3.65. The van der Waals surface area contributed by atoms with Crippen LogP contribution in [0.4, 0.5) is 0 Å². The zero-order valence-electron chi connectivity index (χ0n) is 19.5. The lowest BCUT2D eigenvalue weighted by molar-refractivity contribution is 0.0486. The average Bonchev–Trinajstić information content (AvgIpc) is 3.55. The summed E-state index contributed by atoms with van der Waals surface area (Å²) in [5, 5.41) is 6.76. The van der Waals surface area contributed by atoms with Crippen molar-refractivity contribution in [2.75, 3.05) is 20.3 Å². The highest BCUT2D eigenvalue weighted by atomic mass is 16.5. The Morgan fingerprint density at radius 3 is 2.74 bits per heavy atom. The lowest BCUT2D eigenvalue weighted by Crippen LogP contribution is -2.36. The third kappa shape index (κ3) is 6.02. The van der Waals surface area contributed by atoms with Gasteiger partial charge in [-0.3, -0.25) is 9.59 Å². The minimum Gasteiger partial charge on any atom is -0.497 e. The minimum atomic E-state index is -0.333. The minimum absolute atomic E-state index is 0.0326. The van der Waals surface area contributed by atoms with Gasteiger partial charge in [0.05, 0.1) is 19.8 Å². The molecule has 2 heterocycles. The van der Waals surface area contributed by atoms with E-state index in [9.17, 15) is 9.59 Å². The number of ether oxygens (including phenoxy) is 2. The molecule has 1 aliphatic heterocycles. The van der Waals surface area contributed by atoms with E-state index in [-0.39, 0.29) is 30.2 Å². The molecule has 1 N–H and O–H groups in total. The Kier molecular flexibility index (Phi) is 7.59. The summed E-state index contributed by atoms with van der Waals surface area (Å²) in [4.78, 5) is 27.5. The van der Waals surface area contributed by atoms with Crippen molar-refractivity contribution in [2.45, 2.75) is 39.0 Å². The molecule has 34 heavy (non-hydrogen) atoms. The van der Waals surface area contributed by atoms with Gasteiger partial charge in [0, 0.05) is 31.3 Å². The molecule has 0 spiro atoms. The van der Waals surface area contributed by atoms with Crippen molar-refractivity contribution in [1.29, 1.82) is 0 Å². The Balaban J connectivity index is 1.43. The molecule has 2 aromatic carbocycles. The number of amides is 2. The molecule has 8 heteroatoms. The number of methoxy groups -OCH3 is 1. The van der Waals surface area contributed by atoms with Crippen LogP contribution in [0.5, 0.6) is 5.75 Å². The summed E-state index contributed by atoms with van der Waals surface area (Å²) in [5.41, 5.74) is 2.84. The predicted molar refractivity (Wildman–Crippen MR) is 126 cm³/mol. The van der Waals surface area contributed by atoms with E-state index in [1.807, 2.05) is 31.2 Å². The lowest BCUT2D eigenvalue weighted by Gasteiger charge is -2.24. The second kappa shape index (κ2) is 11.0. The van der Waals surface area contributed by atoms with E-state index < -0.39 is 0 Å². The van der Waals surface area contributed by atoms with Crippen LogP contribution in [-0.2, 0) is 17.8 Å². The maximum absolute atomic E-state index is 13.3. The topological polar surface area (TPSA) is 93.9 Å². The number of nitrogens with zero attached hydrogens (tertiary/aromatic N) is 2. The van der Waals surface area contributed by atoms with E-state index >= 15 is 0 Å². The standard InChI is InChI=1S/C26H29N3O5/c1-18-8-10-19(11-9-18)15-27-25(30)24-14-23(34-28-24)17-29(16-22-7-4-12-33-22)26(31)20-5-3-6-21(13-20)32-2/h3,5-6,8-11,13-14,22H,4,7,12,15-17H2,1-2H3,(H,27,30). The molecule has 1 aliphatic rings. The number of benzene rings is 2. The first-order valence-electron chi connectivity index (χ1n) is 11.4. The van der Waals surface area contributed by atoms with Gasteiger partial charge >= 0.3 is 0 Å². The van der Waals surface area contributed by atoms with Crippen LogP contribution < -0.4 is 10.1 Å². The molecular formula is C26H29N3O5. The van der Waals surface area contributed by atoms with Gasteiger partial charge in [-0.2, -0.15) is 0 Å². The first-order valence-corrected chi connectivity index (χ1v) is 11.4. The third-order valence-electron chi connectivity index (χ3n) is 5.76. The first-order chi connectivity index (χ1) is 16.5. The predicted octanol–water partition coefficient (Wildman–Crippen LogP) is 3.74. The smallest absolute Gasteiger partial charge is 0.273 e. The van der Waals surface area contributed by atoms with Crippen molar-refractivity contribution in [2.24, 2.45) is 0 Å². The van der Waals surface area contributed by atoms with Crippen molar-refractivity contribution in [1.82, 2.24) is 15.4 Å². The van der Waals surface area contributed by atoms with Crippen LogP contribution in [0.3, 0.4) is 0 Å². The highest BCUT2D eigenvalue weighted by Gasteiger charge is 2.25. The zero-order chi connectivity index (χ0) is 23.9. The Morgan fingerprint density at radius 1 is 1.18 bits per heavy atom. The second-order valence-electron chi connectivity index (χ2n) is 8.40. The molecule has 3 aromatic rings. The van der Waals surface area contributed by atoms with Crippen LogP contribution in [0, 0.1) is 6.92 Å². The maximum Gasteiger partial charge on any atom is 0.273 e. The van der Waals surface area contributed by atoms with E-state index in [1.165, 1.54) is 0 Å². The van der Waals surface area contributed by atoms with Gasteiger partial charge in [0.2, 0.25) is 0 Å². The van der Waals surface area contributed by atoms with Crippen molar-refractivity contribution < 1.29 is 23.6 Å². The number of aromatic nitrogens is 1. The van der Waals surface area contributed by atoms with Gasteiger partial charge in [0.1, 0.15) is 5.75 Å². The highest BCUT2D eigenvalue weighted by molar-refractivity contribution is 5.95. The fraction of sp³-hybridized carbons (Fsp3) is 0.346. The molecule has 0 aliphatic carbocycles. The molecular weight excluding hydrogens is 434 g/mol. The number of nitrogens with one attached hydrogen (secondary N) is 1. The van der Waals surface area contributed by atoms with Gasteiger partial charge in [-0.05, 0) is 43.5 Å². The summed E-state index contributed by atoms with van der Waals surface area (Å²) < 4.78 is 16.4. The number of carbonyl (C=O) groups excluding carboxylic acids is 2.